The highest BCUT2D eigenvalue weighted by atomic mass is 32.1. The Labute approximate surface area is 154 Å². The standard InChI is InChI=1S/C20H23FN2OS/c1-2-15-24-19-9-3-16(4-10-19)20(25)23-13-11-22(12-14-23)18-7-5-17(21)6-8-18/h3-10H,2,11-15H2,1H3. The van der Waals surface area contributed by atoms with Crippen LogP contribution in [0.1, 0.15) is 18.9 Å². The molecule has 0 aliphatic carbocycles. The zero-order valence-electron chi connectivity index (χ0n) is 14.5. The van der Waals surface area contributed by atoms with Crippen molar-refractivity contribution in [2.24, 2.45) is 0 Å². The molecule has 1 heterocycles. The van der Waals surface area contributed by atoms with Crippen molar-refractivity contribution in [1.82, 2.24) is 4.90 Å². The lowest BCUT2D eigenvalue weighted by Gasteiger charge is -2.37. The van der Waals surface area contributed by atoms with Crippen molar-refractivity contribution in [3.63, 3.8) is 0 Å². The van der Waals surface area contributed by atoms with Gasteiger partial charge in [0, 0.05) is 37.4 Å². The molecule has 132 valence electrons. The van der Waals surface area contributed by atoms with Gasteiger partial charge in [0.1, 0.15) is 16.6 Å². The topological polar surface area (TPSA) is 15.7 Å². The molecule has 0 bridgehead atoms. The molecular formula is C20H23FN2OS. The smallest absolute Gasteiger partial charge is 0.123 e. The van der Waals surface area contributed by atoms with E-state index in [1.54, 1.807) is 0 Å². The Morgan fingerprint density at radius 1 is 1.00 bits per heavy atom. The van der Waals surface area contributed by atoms with Crippen LogP contribution >= 0.6 is 12.2 Å². The molecule has 1 aliphatic rings. The van der Waals surface area contributed by atoms with E-state index in [-0.39, 0.29) is 5.82 Å². The quantitative estimate of drug-likeness (QED) is 0.747. The largest absolute Gasteiger partial charge is 0.494 e. The molecule has 0 saturated carbocycles. The van der Waals surface area contributed by atoms with Crippen molar-refractivity contribution >= 4 is 22.9 Å². The SMILES string of the molecule is CCCOc1ccc(C(=S)N2CCN(c3ccc(F)cc3)CC2)cc1. The van der Waals surface area contributed by atoms with Crippen molar-refractivity contribution in [2.45, 2.75) is 13.3 Å². The van der Waals surface area contributed by atoms with Gasteiger partial charge in [-0.15, -0.1) is 0 Å². The van der Waals surface area contributed by atoms with E-state index in [0.29, 0.717) is 0 Å². The molecule has 5 heteroatoms. The minimum atomic E-state index is -0.199. The Balaban J connectivity index is 1.56. The van der Waals surface area contributed by atoms with E-state index >= 15 is 0 Å². The summed E-state index contributed by atoms with van der Waals surface area (Å²) in [5, 5.41) is 0. The van der Waals surface area contributed by atoms with Crippen LogP contribution in [-0.4, -0.2) is 42.7 Å². The van der Waals surface area contributed by atoms with Gasteiger partial charge < -0.3 is 14.5 Å². The van der Waals surface area contributed by atoms with Crippen LogP contribution in [0.25, 0.3) is 0 Å². The van der Waals surface area contributed by atoms with Crippen molar-refractivity contribution in [3.05, 3.63) is 59.9 Å². The number of ether oxygens (including phenoxy) is 1. The van der Waals surface area contributed by atoms with E-state index in [1.807, 2.05) is 36.4 Å². The summed E-state index contributed by atoms with van der Waals surface area (Å²) in [4.78, 5) is 5.37. The van der Waals surface area contributed by atoms with Crippen LogP contribution < -0.4 is 9.64 Å². The van der Waals surface area contributed by atoms with E-state index in [1.165, 1.54) is 12.1 Å². The van der Waals surface area contributed by atoms with Crippen LogP contribution in [0.2, 0.25) is 0 Å². The number of thiocarbonyl (C=S) groups is 1. The van der Waals surface area contributed by atoms with Crippen molar-refractivity contribution in [3.8, 4) is 5.75 Å². The number of rotatable bonds is 5. The van der Waals surface area contributed by atoms with E-state index in [9.17, 15) is 4.39 Å². The fraction of sp³-hybridized carbons (Fsp3) is 0.350. The number of anilines is 1. The van der Waals surface area contributed by atoms with Crippen molar-refractivity contribution in [2.75, 3.05) is 37.7 Å². The highest BCUT2D eigenvalue weighted by molar-refractivity contribution is 7.80. The predicted octanol–water partition coefficient (Wildman–Crippen LogP) is 4.11. The van der Waals surface area contributed by atoms with Gasteiger partial charge in [-0.1, -0.05) is 19.1 Å². The first-order chi connectivity index (χ1) is 12.2. The minimum Gasteiger partial charge on any atom is -0.494 e. The van der Waals surface area contributed by atoms with Crippen LogP contribution in [0.15, 0.2) is 48.5 Å². The Morgan fingerprint density at radius 3 is 2.24 bits per heavy atom. The van der Waals surface area contributed by atoms with Gasteiger partial charge in [0.2, 0.25) is 0 Å². The highest BCUT2D eigenvalue weighted by Crippen LogP contribution is 2.19. The molecule has 2 aromatic rings. The summed E-state index contributed by atoms with van der Waals surface area (Å²) >= 11 is 5.66. The minimum absolute atomic E-state index is 0.199. The lowest BCUT2D eigenvalue weighted by Crippen LogP contribution is -2.48. The number of hydrogen-bond donors (Lipinski definition) is 0. The van der Waals surface area contributed by atoms with Gasteiger partial charge in [-0.2, -0.15) is 0 Å². The first-order valence-electron chi connectivity index (χ1n) is 8.70. The molecule has 1 fully saturated rings. The lowest BCUT2D eigenvalue weighted by molar-refractivity contribution is 0.317. The van der Waals surface area contributed by atoms with Gasteiger partial charge >= 0.3 is 0 Å². The van der Waals surface area contributed by atoms with Crippen LogP contribution in [0.5, 0.6) is 5.75 Å². The van der Waals surface area contributed by atoms with E-state index < -0.39 is 0 Å². The molecule has 1 aliphatic heterocycles. The third-order valence-corrected chi connectivity index (χ3v) is 4.83. The summed E-state index contributed by atoms with van der Waals surface area (Å²) in [5.41, 5.74) is 2.11. The van der Waals surface area contributed by atoms with Gasteiger partial charge in [0.05, 0.1) is 6.61 Å². The summed E-state index contributed by atoms with van der Waals surface area (Å²) in [6, 6.07) is 14.7. The monoisotopic (exact) mass is 358 g/mol. The summed E-state index contributed by atoms with van der Waals surface area (Å²) in [5.74, 6) is 0.685. The molecule has 25 heavy (non-hydrogen) atoms. The number of piperazine rings is 1. The maximum absolute atomic E-state index is 13.1. The van der Waals surface area contributed by atoms with Crippen LogP contribution in [0.3, 0.4) is 0 Å². The van der Waals surface area contributed by atoms with Crippen LogP contribution in [0.4, 0.5) is 10.1 Å². The third kappa shape index (κ3) is 4.48. The van der Waals surface area contributed by atoms with E-state index in [4.69, 9.17) is 17.0 Å². The Kier molecular flexibility index (Phi) is 5.87. The molecule has 0 N–H and O–H groups in total. The summed E-state index contributed by atoms with van der Waals surface area (Å²) in [7, 11) is 0. The molecular weight excluding hydrogens is 335 g/mol. The second kappa shape index (κ2) is 8.30. The highest BCUT2D eigenvalue weighted by Gasteiger charge is 2.20. The Morgan fingerprint density at radius 2 is 1.64 bits per heavy atom. The molecule has 0 atom stereocenters. The fourth-order valence-corrected chi connectivity index (χ4v) is 3.23. The summed E-state index contributed by atoms with van der Waals surface area (Å²) in [6.07, 6.45) is 0.999. The second-order valence-corrected chi connectivity index (χ2v) is 6.52. The fourth-order valence-electron chi connectivity index (χ4n) is 2.92. The molecule has 0 unspecified atom stereocenters. The molecule has 0 aromatic heterocycles. The number of nitrogens with zero attached hydrogens (tertiary/aromatic N) is 2. The first kappa shape index (κ1) is 17.7. The van der Waals surface area contributed by atoms with Crippen molar-refractivity contribution in [1.29, 1.82) is 0 Å². The molecule has 0 spiro atoms. The molecule has 0 amide bonds. The number of hydrogen-bond acceptors (Lipinski definition) is 3. The summed E-state index contributed by atoms with van der Waals surface area (Å²) < 4.78 is 18.7. The number of benzene rings is 2. The molecule has 2 aromatic carbocycles. The van der Waals surface area contributed by atoms with Gasteiger partial charge in [-0.25, -0.2) is 4.39 Å². The van der Waals surface area contributed by atoms with Gasteiger partial charge in [0.15, 0.2) is 0 Å². The molecule has 1 saturated heterocycles. The zero-order chi connectivity index (χ0) is 17.6. The van der Waals surface area contributed by atoms with Crippen molar-refractivity contribution < 1.29 is 9.13 Å². The predicted molar refractivity (Wildman–Crippen MR) is 104 cm³/mol. The first-order valence-corrected chi connectivity index (χ1v) is 9.11. The van der Waals surface area contributed by atoms with Gasteiger partial charge in [0.25, 0.3) is 0 Å². The van der Waals surface area contributed by atoms with E-state index in [2.05, 4.69) is 16.7 Å². The normalized spacial score (nSPS) is 14.5. The third-order valence-electron chi connectivity index (χ3n) is 4.33. The lowest BCUT2D eigenvalue weighted by atomic mass is 10.1. The Hall–Kier alpha value is -2.14. The van der Waals surface area contributed by atoms with Crippen LogP contribution in [-0.2, 0) is 0 Å². The molecule has 0 radical (unpaired) electrons. The maximum atomic E-state index is 13.1. The Bertz CT molecular complexity index is 695. The average Bonchev–Trinajstić information content (AvgIpc) is 2.67. The average molecular weight is 358 g/mol. The van der Waals surface area contributed by atoms with Crippen LogP contribution in [0, 0.1) is 5.82 Å². The zero-order valence-corrected chi connectivity index (χ0v) is 15.3. The molecule has 3 nitrogen and oxygen atoms in total. The van der Waals surface area contributed by atoms with Gasteiger partial charge in [-0.3, -0.25) is 0 Å². The van der Waals surface area contributed by atoms with E-state index in [0.717, 1.165) is 61.2 Å². The number of halogens is 1. The van der Waals surface area contributed by atoms with Gasteiger partial charge in [-0.05, 0) is 55.0 Å². The second-order valence-electron chi connectivity index (χ2n) is 6.13. The maximum Gasteiger partial charge on any atom is 0.123 e. The summed E-state index contributed by atoms with van der Waals surface area (Å²) in [6.45, 7) is 6.31. The molecule has 3 rings (SSSR count).